The Bertz CT molecular complexity index is 1560. The molecule has 0 aliphatic heterocycles. The summed E-state index contributed by atoms with van der Waals surface area (Å²) in [6.07, 6.45) is 2.25. The van der Waals surface area contributed by atoms with Gasteiger partial charge in [-0.05, 0) is 54.2 Å². The van der Waals surface area contributed by atoms with E-state index in [9.17, 15) is 14.4 Å². The molecular weight excluding hydrogens is 754 g/mol. The molecule has 0 unspecified atom stereocenters. The SMILES string of the molecule is BrCc1ccccc1CBr.C#[N+]C1(C(=O)OCC)Cc2ccccc2C1.C#[N+]CC(=O)OCC.CCOC(=O)C1(N)Cc2ccccc2C1. The molecule has 260 valence electrons. The van der Waals surface area contributed by atoms with Crippen LogP contribution in [0, 0.1) is 13.1 Å². The van der Waals surface area contributed by atoms with Crippen LogP contribution >= 0.6 is 31.9 Å². The number of rotatable bonds is 8. The number of hydrogen-bond acceptors (Lipinski definition) is 7. The second kappa shape index (κ2) is 21.1. The van der Waals surface area contributed by atoms with E-state index in [1.165, 1.54) is 11.1 Å². The number of benzene rings is 3. The van der Waals surface area contributed by atoms with Crippen molar-refractivity contribution in [3.8, 4) is 13.1 Å². The highest BCUT2D eigenvalue weighted by atomic mass is 79.9. The molecule has 2 N–H and O–H groups in total. The molecule has 0 radical (unpaired) electrons. The van der Waals surface area contributed by atoms with Gasteiger partial charge in [-0.15, -0.1) is 0 Å². The summed E-state index contributed by atoms with van der Waals surface area (Å²) in [6, 6.07) is 24.3. The lowest BCUT2D eigenvalue weighted by Crippen LogP contribution is -2.50. The van der Waals surface area contributed by atoms with Crippen molar-refractivity contribution in [2.24, 2.45) is 5.73 Å². The summed E-state index contributed by atoms with van der Waals surface area (Å²) >= 11 is 6.86. The Hall–Kier alpha value is -4.03. The molecule has 0 saturated carbocycles. The number of carbonyl (C=O) groups excluding carboxylic acids is 3. The summed E-state index contributed by atoms with van der Waals surface area (Å²) in [5.41, 5.74) is 11.6. The van der Waals surface area contributed by atoms with Gasteiger partial charge in [-0.1, -0.05) is 114 Å². The number of halogens is 2. The van der Waals surface area contributed by atoms with Crippen LogP contribution in [0.3, 0.4) is 0 Å². The molecule has 49 heavy (non-hydrogen) atoms. The molecule has 3 aromatic carbocycles. The molecule has 0 bridgehead atoms. The first kappa shape index (κ1) is 41.1. The molecule has 9 nitrogen and oxygen atoms in total. The van der Waals surface area contributed by atoms with Crippen LogP contribution in [0.4, 0.5) is 0 Å². The molecule has 0 atom stereocenters. The average Bonchev–Trinajstić information content (AvgIpc) is 3.68. The number of alkyl halides is 2. The van der Waals surface area contributed by atoms with Crippen LogP contribution in [0.1, 0.15) is 54.2 Å². The molecule has 2 aliphatic rings. The second-order valence-corrected chi connectivity index (χ2v) is 12.3. The van der Waals surface area contributed by atoms with E-state index in [-0.39, 0.29) is 24.5 Å². The van der Waals surface area contributed by atoms with Crippen molar-refractivity contribution >= 4 is 49.8 Å². The zero-order chi connectivity index (χ0) is 36.3. The minimum absolute atomic E-state index is 0.0478. The second-order valence-electron chi connectivity index (χ2n) is 11.2. The van der Waals surface area contributed by atoms with E-state index < -0.39 is 11.1 Å². The Morgan fingerprint density at radius 3 is 1.43 bits per heavy atom. The van der Waals surface area contributed by atoms with Crippen molar-refractivity contribution in [3.05, 3.63) is 116 Å². The third kappa shape index (κ3) is 12.1. The Kier molecular flexibility index (Phi) is 17.8. The molecular formula is C38H45Br2N3O6+2. The Labute approximate surface area is 306 Å². The van der Waals surface area contributed by atoms with Gasteiger partial charge in [0.2, 0.25) is 0 Å². The van der Waals surface area contributed by atoms with Gasteiger partial charge in [0.1, 0.15) is 5.54 Å². The first-order chi connectivity index (χ1) is 23.6. The minimum Gasteiger partial charge on any atom is -0.465 e. The molecule has 3 aromatic rings. The third-order valence-corrected chi connectivity index (χ3v) is 8.94. The van der Waals surface area contributed by atoms with Gasteiger partial charge >= 0.3 is 30.0 Å². The van der Waals surface area contributed by atoms with Gasteiger partial charge in [0, 0.05) is 23.5 Å². The van der Waals surface area contributed by atoms with Crippen molar-refractivity contribution in [2.45, 2.75) is 68.2 Å². The standard InChI is InChI=1S/C13H14NO2.C12H15NO2.C8H8Br2.C5H8NO2/c1-3-16-12(15)13(14-2)8-10-6-4-5-7-11(10)9-13;1-2-15-11(14)12(13)7-9-5-3-4-6-10(9)8-12;9-5-7-3-1-2-4-8(7)6-10;1-3-8-5(7)4-6-2/h2,4-7H,3,8-9H2,1H3;3-6H,2,7-8,13H2,1H3;1-4H,5-6H2;2H,3-4H2,1H3/q+1;;;+1. The molecule has 5 rings (SSSR count). The van der Waals surface area contributed by atoms with E-state index in [0.29, 0.717) is 45.5 Å². The molecule has 11 heteroatoms. The number of ether oxygens (including phenoxy) is 3. The zero-order valence-corrected chi connectivity index (χ0v) is 31.5. The highest BCUT2D eigenvalue weighted by Gasteiger charge is 2.55. The van der Waals surface area contributed by atoms with Crippen molar-refractivity contribution in [2.75, 3.05) is 26.4 Å². The van der Waals surface area contributed by atoms with E-state index in [0.717, 1.165) is 32.9 Å². The van der Waals surface area contributed by atoms with E-state index in [2.05, 4.69) is 77.1 Å². The monoisotopic (exact) mass is 797 g/mol. The molecule has 0 saturated heterocycles. The van der Waals surface area contributed by atoms with Gasteiger partial charge in [-0.3, -0.25) is 4.79 Å². The lowest BCUT2D eigenvalue weighted by Gasteiger charge is -2.20. The summed E-state index contributed by atoms with van der Waals surface area (Å²) in [5, 5.41) is 1.88. The van der Waals surface area contributed by atoms with E-state index in [1.807, 2.05) is 48.5 Å². The molecule has 0 aromatic heterocycles. The quantitative estimate of drug-likeness (QED) is 0.147. The maximum Gasteiger partial charge on any atom is 0.398 e. The van der Waals surface area contributed by atoms with Crippen LogP contribution in [0.15, 0.2) is 72.8 Å². The Morgan fingerprint density at radius 2 is 1.06 bits per heavy atom. The first-order valence-electron chi connectivity index (χ1n) is 16.0. The zero-order valence-electron chi connectivity index (χ0n) is 28.3. The minimum atomic E-state index is -0.903. The summed E-state index contributed by atoms with van der Waals surface area (Å²) in [6.45, 7) is 16.5. The number of nitrogens with two attached hydrogens (primary N) is 1. The number of nitrogens with zero attached hydrogens (tertiary/aromatic N) is 2. The van der Waals surface area contributed by atoms with E-state index in [4.69, 9.17) is 21.8 Å². The first-order valence-corrected chi connectivity index (χ1v) is 18.2. The lowest BCUT2D eigenvalue weighted by molar-refractivity contribution is -0.149. The fraction of sp³-hybridized carbons (Fsp3) is 0.395. The largest absolute Gasteiger partial charge is 0.465 e. The molecule has 0 spiro atoms. The summed E-state index contributed by atoms with van der Waals surface area (Å²) in [5.74, 6) is -0.995. The van der Waals surface area contributed by atoms with E-state index >= 15 is 0 Å². The fourth-order valence-corrected chi connectivity index (χ4v) is 6.41. The van der Waals surface area contributed by atoms with Crippen LogP contribution in [0.5, 0.6) is 0 Å². The van der Waals surface area contributed by atoms with Crippen molar-refractivity contribution in [1.29, 1.82) is 0 Å². The Morgan fingerprint density at radius 1 is 0.673 bits per heavy atom. The normalized spacial score (nSPS) is 13.8. The molecule has 0 fully saturated rings. The molecule has 2 aliphatic carbocycles. The third-order valence-electron chi connectivity index (χ3n) is 7.73. The topological polar surface area (TPSA) is 114 Å². The van der Waals surface area contributed by atoms with Gasteiger partial charge in [0.05, 0.1) is 32.7 Å². The van der Waals surface area contributed by atoms with E-state index in [1.54, 1.807) is 20.8 Å². The van der Waals surface area contributed by atoms with Crippen LogP contribution in [0.25, 0.3) is 9.69 Å². The number of hydrogen-bond donors (Lipinski definition) is 1. The molecule has 0 amide bonds. The predicted molar refractivity (Wildman–Crippen MR) is 200 cm³/mol. The maximum absolute atomic E-state index is 11.9. The van der Waals surface area contributed by atoms with Crippen LogP contribution < -0.4 is 5.73 Å². The van der Waals surface area contributed by atoms with Crippen molar-refractivity contribution < 1.29 is 28.6 Å². The van der Waals surface area contributed by atoms with Crippen molar-refractivity contribution in [1.82, 2.24) is 0 Å². The number of esters is 3. The van der Waals surface area contributed by atoms with Gasteiger partial charge in [-0.2, -0.15) is 0 Å². The summed E-state index contributed by atoms with van der Waals surface area (Å²) in [4.78, 5) is 40.7. The number of fused-ring (bicyclic) bond motifs is 2. The van der Waals surface area contributed by atoms with Crippen molar-refractivity contribution in [3.63, 3.8) is 0 Å². The van der Waals surface area contributed by atoms with Gasteiger partial charge in [-0.25, -0.2) is 9.59 Å². The highest BCUT2D eigenvalue weighted by Crippen LogP contribution is 2.34. The smallest absolute Gasteiger partial charge is 0.398 e. The van der Waals surface area contributed by atoms with Crippen LogP contribution in [-0.4, -0.2) is 55.4 Å². The van der Waals surface area contributed by atoms with Gasteiger partial charge in [0.15, 0.2) is 0 Å². The Balaban J connectivity index is 0.000000235. The predicted octanol–water partition coefficient (Wildman–Crippen LogP) is 7.08. The van der Waals surface area contributed by atoms with Gasteiger partial charge in [0.25, 0.3) is 13.1 Å². The average molecular weight is 800 g/mol. The van der Waals surface area contributed by atoms with Crippen LogP contribution in [0.2, 0.25) is 0 Å². The summed E-state index contributed by atoms with van der Waals surface area (Å²) in [7, 11) is 0. The number of carbonyl (C=O) groups is 3. The highest BCUT2D eigenvalue weighted by molar-refractivity contribution is 9.09. The fourth-order valence-electron chi connectivity index (χ4n) is 5.31. The maximum atomic E-state index is 11.9. The van der Waals surface area contributed by atoms with Gasteiger partial charge < -0.3 is 19.9 Å². The molecule has 0 heterocycles. The van der Waals surface area contributed by atoms with Crippen LogP contribution in [-0.2, 0) is 64.9 Å². The lowest BCUT2D eigenvalue weighted by atomic mass is 9.97. The summed E-state index contributed by atoms with van der Waals surface area (Å²) < 4.78 is 14.5.